The lowest BCUT2D eigenvalue weighted by atomic mass is 10.1. The Morgan fingerprint density at radius 2 is 1.52 bits per heavy atom. The Morgan fingerprint density at radius 1 is 0.963 bits per heavy atom. The molecule has 0 aliphatic heterocycles. The zero-order chi connectivity index (χ0) is 20.5. The van der Waals surface area contributed by atoms with Crippen LogP contribution in [0.2, 0.25) is 10.0 Å². The SMILES string of the molecule is CCCCCCCC(=O)O.NCCCCCC(=O)Nc1c(Cl)cccc1Cl. The van der Waals surface area contributed by atoms with Gasteiger partial charge < -0.3 is 16.2 Å². The molecule has 0 bridgehead atoms. The fourth-order valence-corrected chi connectivity index (χ4v) is 2.80. The molecule has 27 heavy (non-hydrogen) atoms. The number of carbonyl (C=O) groups is 2. The van der Waals surface area contributed by atoms with Crippen LogP contribution in [0.4, 0.5) is 5.69 Å². The Kier molecular flexibility index (Phi) is 16.0. The number of aliphatic carboxylic acids is 1. The second kappa shape index (κ2) is 16.8. The minimum absolute atomic E-state index is 0.0722. The van der Waals surface area contributed by atoms with Gasteiger partial charge in [0.05, 0.1) is 15.7 Å². The number of benzene rings is 1. The van der Waals surface area contributed by atoms with Crippen LogP contribution >= 0.6 is 23.2 Å². The second-order valence-electron chi connectivity index (χ2n) is 6.30. The number of nitrogens with one attached hydrogen (secondary N) is 1. The fourth-order valence-electron chi connectivity index (χ4n) is 2.31. The van der Waals surface area contributed by atoms with Gasteiger partial charge in [-0.15, -0.1) is 0 Å². The zero-order valence-corrected chi connectivity index (χ0v) is 17.6. The van der Waals surface area contributed by atoms with Crippen LogP contribution in [0.3, 0.4) is 0 Å². The van der Waals surface area contributed by atoms with Gasteiger partial charge in [-0.3, -0.25) is 9.59 Å². The molecule has 0 unspecified atom stereocenters. The number of hydrogen-bond donors (Lipinski definition) is 3. The molecule has 0 spiro atoms. The van der Waals surface area contributed by atoms with Crippen molar-refractivity contribution in [3.05, 3.63) is 28.2 Å². The summed E-state index contributed by atoms with van der Waals surface area (Å²) in [7, 11) is 0. The van der Waals surface area contributed by atoms with E-state index in [0.29, 0.717) is 35.1 Å². The van der Waals surface area contributed by atoms with Crippen molar-refractivity contribution in [1.29, 1.82) is 0 Å². The van der Waals surface area contributed by atoms with E-state index in [9.17, 15) is 9.59 Å². The average molecular weight is 419 g/mol. The Bertz CT molecular complexity index is 534. The van der Waals surface area contributed by atoms with Crippen LogP contribution in [0, 0.1) is 0 Å². The molecule has 0 radical (unpaired) electrons. The summed E-state index contributed by atoms with van der Waals surface area (Å²) in [5.74, 6) is -0.742. The Morgan fingerprint density at radius 3 is 2.07 bits per heavy atom. The number of amides is 1. The van der Waals surface area contributed by atoms with Crippen LogP contribution in [-0.2, 0) is 9.59 Å². The molecule has 0 saturated heterocycles. The highest BCUT2D eigenvalue weighted by Crippen LogP contribution is 2.29. The number of halogens is 2. The molecule has 0 aliphatic rings. The van der Waals surface area contributed by atoms with Crippen molar-refractivity contribution in [2.24, 2.45) is 5.73 Å². The van der Waals surface area contributed by atoms with E-state index in [1.807, 2.05) is 0 Å². The number of anilines is 1. The van der Waals surface area contributed by atoms with Crippen molar-refractivity contribution >= 4 is 40.8 Å². The van der Waals surface area contributed by atoms with Gasteiger partial charge >= 0.3 is 5.97 Å². The number of unbranched alkanes of at least 4 members (excludes halogenated alkanes) is 6. The first-order chi connectivity index (χ1) is 12.9. The third-order valence-corrected chi connectivity index (χ3v) is 4.46. The average Bonchev–Trinajstić information content (AvgIpc) is 2.62. The Balaban J connectivity index is 0.000000580. The van der Waals surface area contributed by atoms with Crippen LogP contribution in [0.5, 0.6) is 0 Å². The molecule has 154 valence electrons. The summed E-state index contributed by atoms with van der Waals surface area (Å²) in [5, 5.41) is 11.9. The monoisotopic (exact) mass is 418 g/mol. The van der Waals surface area contributed by atoms with Gasteiger partial charge in [-0.1, -0.05) is 68.3 Å². The normalized spacial score (nSPS) is 10.1. The Labute approximate surface area is 172 Å². The highest BCUT2D eigenvalue weighted by Gasteiger charge is 2.08. The van der Waals surface area contributed by atoms with Gasteiger partial charge in [0.25, 0.3) is 0 Å². The largest absolute Gasteiger partial charge is 0.481 e. The minimum Gasteiger partial charge on any atom is -0.481 e. The first-order valence-corrected chi connectivity index (χ1v) is 10.3. The van der Waals surface area contributed by atoms with Gasteiger partial charge in [0.15, 0.2) is 0 Å². The van der Waals surface area contributed by atoms with Gasteiger partial charge in [-0.25, -0.2) is 0 Å². The quantitative estimate of drug-likeness (QED) is 0.369. The van der Waals surface area contributed by atoms with E-state index in [1.54, 1.807) is 18.2 Å². The molecular formula is C20H32Cl2N2O3. The molecule has 1 aromatic carbocycles. The van der Waals surface area contributed by atoms with Crippen LogP contribution in [0.15, 0.2) is 18.2 Å². The second-order valence-corrected chi connectivity index (χ2v) is 7.12. The lowest BCUT2D eigenvalue weighted by Crippen LogP contribution is -2.12. The van der Waals surface area contributed by atoms with Crippen LogP contribution in [-0.4, -0.2) is 23.5 Å². The van der Waals surface area contributed by atoms with Crippen molar-refractivity contribution in [2.45, 2.75) is 71.1 Å². The van der Waals surface area contributed by atoms with Gasteiger partial charge in [0.2, 0.25) is 5.91 Å². The first-order valence-electron chi connectivity index (χ1n) is 9.58. The number of carbonyl (C=O) groups excluding carboxylic acids is 1. The van der Waals surface area contributed by atoms with Gasteiger partial charge in [-0.2, -0.15) is 0 Å². The standard InChI is InChI=1S/C12H16Cl2N2O.C8H16O2/c13-9-5-4-6-10(14)12(9)16-11(17)7-2-1-3-8-15;1-2-3-4-5-6-7-8(9)10/h4-6H,1-3,7-8,15H2,(H,16,17);2-7H2,1H3,(H,9,10). The smallest absolute Gasteiger partial charge is 0.303 e. The van der Waals surface area contributed by atoms with Crippen molar-refractivity contribution < 1.29 is 14.7 Å². The van der Waals surface area contributed by atoms with Crippen LogP contribution in [0.1, 0.15) is 71.1 Å². The number of carboxylic acid groups (broad SMARTS) is 1. The van der Waals surface area contributed by atoms with Gasteiger partial charge in [-0.05, 0) is 37.9 Å². The van der Waals surface area contributed by atoms with Crippen molar-refractivity contribution in [2.75, 3.05) is 11.9 Å². The summed E-state index contributed by atoms with van der Waals surface area (Å²) in [6, 6.07) is 5.12. The topological polar surface area (TPSA) is 92.4 Å². The molecule has 7 heteroatoms. The van der Waals surface area contributed by atoms with E-state index in [4.69, 9.17) is 34.0 Å². The van der Waals surface area contributed by atoms with E-state index in [-0.39, 0.29) is 5.91 Å². The van der Waals surface area contributed by atoms with Crippen molar-refractivity contribution in [3.63, 3.8) is 0 Å². The number of nitrogens with two attached hydrogens (primary N) is 1. The number of hydrogen-bond acceptors (Lipinski definition) is 3. The summed E-state index contributed by atoms with van der Waals surface area (Å²) in [5.41, 5.74) is 5.86. The zero-order valence-electron chi connectivity index (χ0n) is 16.1. The molecule has 4 N–H and O–H groups in total. The summed E-state index contributed by atoms with van der Waals surface area (Å²) in [4.78, 5) is 21.7. The summed E-state index contributed by atoms with van der Waals surface area (Å²) >= 11 is 11.9. The molecule has 5 nitrogen and oxygen atoms in total. The number of rotatable bonds is 12. The van der Waals surface area contributed by atoms with Crippen molar-refractivity contribution in [3.8, 4) is 0 Å². The molecule has 0 aliphatic carbocycles. The maximum atomic E-state index is 11.6. The molecule has 0 aromatic heterocycles. The molecule has 0 saturated carbocycles. The molecule has 0 fully saturated rings. The number of para-hydroxylation sites is 1. The lowest BCUT2D eigenvalue weighted by molar-refractivity contribution is -0.137. The van der Waals surface area contributed by atoms with E-state index < -0.39 is 5.97 Å². The molecule has 1 amide bonds. The first kappa shape index (κ1) is 25.7. The third-order valence-electron chi connectivity index (χ3n) is 3.83. The molecule has 1 aromatic rings. The maximum absolute atomic E-state index is 11.6. The minimum atomic E-state index is -0.670. The summed E-state index contributed by atoms with van der Waals surface area (Å²) in [6.45, 7) is 2.81. The highest BCUT2D eigenvalue weighted by atomic mass is 35.5. The molecule has 0 heterocycles. The summed E-state index contributed by atoms with van der Waals surface area (Å²) in [6.07, 6.45) is 9.07. The third kappa shape index (κ3) is 14.4. The fraction of sp³-hybridized carbons (Fsp3) is 0.600. The van der Waals surface area contributed by atoms with E-state index in [1.165, 1.54) is 19.3 Å². The highest BCUT2D eigenvalue weighted by molar-refractivity contribution is 6.39. The molecule has 0 atom stereocenters. The lowest BCUT2D eigenvalue weighted by Gasteiger charge is -2.08. The summed E-state index contributed by atoms with van der Waals surface area (Å²) < 4.78 is 0. The van der Waals surface area contributed by atoms with E-state index in [2.05, 4.69) is 12.2 Å². The molecule has 1 rings (SSSR count). The predicted molar refractivity (Wildman–Crippen MR) is 114 cm³/mol. The number of carboxylic acids is 1. The van der Waals surface area contributed by atoms with E-state index >= 15 is 0 Å². The van der Waals surface area contributed by atoms with Crippen LogP contribution < -0.4 is 11.1 Å². The van der Waals surface area contributed by atoms with Crippen molar-refractivity contribution in [1.82, 2.24) is 0 Å². The predicted octanol–water partition coefficient (Wildman–Crippen LogP) is 5.88. The molecular weight excluding hydrogens is 387 g/mol. The maximum Gasteiger partial charge on any atom is 0.303 e. The van der Waals surface area contributed by atoms with Gasteiger partial charge in [0.1, 0.15) is 0 Å². The van der Waals surface area contributed by atoms with Gasteiger partial charge in [0, 0.05) is 12.8 Å². The van der Waals surface area contributed by atoms with Crippen LogP contribution in [0.25, 0.3) is 0 Å². The van der Waals surface area contributed by atoms with E-state index in [0.717, 1.165) is 32.1 Å². The Hall–Kier alpha value is -1.30.